The van der Waals surface area contributed by atoms with Gasteiger partial charge in [0, 0.05) is 44.4 Å². The van der Waals surface area contributed by atoms with E-state index < -0.39 is 0 Å². The second-order valence-electron chi connectivity index (χ2n) is 6.63. The third kappa shape index (κ3) is 5.43. The highest BCUT2D eigenvalue weighted by Gasteiger charge is 2.11. The van der Waals surface area contributed by atoms with Crippen LogP contribution in [0.1, 0.15) is 35.5 Å². The molecule has 0 radical (unpaired) electrons. The number of hydrazone groups is 1. The summed E-state index contributed by atoms with van der Waals surface area (Å²) in [4.78, 5) is 16.7. The molecule has 2 heterocycles. The van der Waals surface area contributed by atoms with Crippen molar-refractivity contribution in [3.63, 3.8) is 0 Å². The Balaban J connectivity index is 1.51. The summed E-state index contributed by atoms with van der Waals surface area (Å²) in [5.74, 6) is 1.15. The molecule has 7 nitrogen and oxygen atoms in total. The number of anilines is 1. The molecular weight excluding hydrogens is 356 g/mol. The van der Waals surface area contributed by atoms with Gasteiger partial charge in [-0.25, -0.2) is 5.43 Å². The van der Waals surface area contributed by atoms with E-state index in [1.165, 1.54) is 11.8 Å². The molecule has 2 aromatic rings. The minimum Gasteiger partial charge on any atom is -0.440 e. The molecule has 28 heavy (non-hydrogen) atoms. The van der Waals surface area contributed by atoms with Crippen molar-refractivity contribution in [3.05, 3.63) is 53.3 Å². The lowest BCUT2D eigenvalue weighted by Crippen LogP contribution is -2.35. The second-order valence-corrected chi connectivity index (χ2v) is 6.63. The van der Waals surface area contributed by atoms with Gasteiger partial charge in [-0.1, -0.05) is 12.1 Å². The number of benzene rings is 1. The molecule has 0 spiro atoms. The topological polar surface area (TPSA) is 70.3 Å². The van der Waals surface area contributed by atoms with E-state index in [0.29, 0.717) is 11.3 Å². The van der Waals surface area contributed by atoms with Gasteiger partial charge >= 0.3 is 0 Å². The Morgan fingerprint density at radius 2 is 1.86 bits per heavy atom. The van der Waals surface area contributed by atoms with Crippen LogP contribution in [0, 0.1) is 0 Å². The standard InChI is InChI=1S/C21H28N4O3/c1-3-25(4-2)20-10-9-19(28-20)15-22-23-21(26)18-7-5-17(6-8-18)16-24-11-13-27-14-12-24/h5-10,15H,3-4,11-14,16H2,1-2H3,(H,23,26)/b22-15-. The molecule has 3 rings (SSSR count). The van der Waals surface area contributed by atoms with Crippen LogP contribution in [0.5, 0.6) is 0 Å². The van der Waals surface area contributed by atoms with E-state index in [0.717, 1.165) is 51.8 Å². The van der Waals surface area contributed by atoms with E-state index in [1.807, 2.05) is 36.4 Å². The monoisotopic (exact) mass is 384 g/mol. The van der Waals surface area contributed by atoms with Gasteiger partial charge in [0.1, 0.15) is 5.76 Å². The van der Waals surface area contributed by atoms with Gasteiger partial charge in [-0.2, -0.15) is 5.10 Å². The van der Waals surface area contributed by atoms with Gasteiger partial charge in [0.2, 0.25) is 0 Å². The summed E-state index contributed by atoms with van der Waals surface area (Å²) in [5.41, 5.74) is 4.30. The van der Waals surface area contributed by atoms with Crippen LogP contribution in [0.4, 0.5) is 5.88 Å². The predicted molar refractivity (Wildman–Crippen MR) is 110 cm³/mol. The Hall–Kier alpha value is -2.64. The van der Waals surface area contributed by atoms with Gasteiger partial charge in [-0.05, 0) is 37.6 Å². The number of nitrogens with one attached hydrogen (secondary N) is 1. The Labute approximate surface area is 166 Å². The van der Waals surface area contributed by atoms with E-state index in [9.17, 15) is 4.79 Å². The number of hydrogen-bond acceptors (Lipinski definition) is 6. The molecule has 1 N–H and O–H groups in total. The summed E-state index contributed by atoms with van der Waals surface area (Å²) in [7, 11) is 0. The maximum absolute atomic E-state index is 12.3. The molecule has 0 bridgehead atoms. The first kappa shape index (κ1) is 20.1. The van der Waals surface area contributed by atoms with Crippen molar-refractivity contribution in [1.82, 2.24) is 10.3 Å². The number of rotatable bonds is 8. The Bertz CT molecular complexity index is 775. The Kier molecular flexibility index (Phi) is 7.22. The fraction of sp³-hybridized carbons (Fsp3) is 0.429. The van der Waals surface area contributed by atoms with Crippen LogP contribution in [-0.4, -0.2) is 56.4 Å². The van der Waals surface area contributed by atoms with Crippen molar-refractivity contribution in [3.8, 4) is 0 Å². The van der Waals surface area contributed by atoms with Gasteiger partial charge in [-0.15, -0.1) is 0 Å². The number of ether oxygens (including phenoxy) is 1. The lowest BCUT2D eigenvalue weighted by atomic mass is 10.1. The molecular formula is C21H28N4O3. The minimum absolute atomic E-state index is 0.246. The zero-order valence-corrected chi connectivity index (χ0v) is 16.6. The fourth-order valence-electron chi connectivity index (χ4n) is 3.11. The summed E-state index contributed by atoms with van der Waals surface area (Å²) in [6.45, 7) is 10.2. The third-order valence-corrected chi connectivity index (χ3v) is 4.77. The maximum atomic E-state index is 12.3. The van der Waals surface area contributed by atoms with E-state index in [-0.39, 0.29) is 5.91 Å². The van der Waals surface area contributed by atoms with Gasteiger partial charge in [-0.3, -0.25) is 9.69 Å². The number of morpholine rings is 1. The van der Waals surface area contributed by atoms with Crippen molar-refractivity contribution < 1.29 is 13.9 Å². The molecule has 1 aliphatic heterocycles. The summed E-state index contributed by atoms with van der Waals surface area (Å²) in [5, 5.41) is 4.00. The van der Waals surface area contributed by atoms with E-state index in [1.54, 1.807) is 0 Å². The number of carbonyl (C=O) groups excluding carboxylic acids is 1. The molecule has 1 aromatic heterocycles. The summed E-state index contributed by atoms with van der Waals surface area (Å²) in [6.07, 6.45) is 1.51. The van der Waals surface area contributed by atoms with Crippen LogP contribution < -0.4 is 10.3 Å². The fourth-order valence-corrected chi connectivity index (χ4v) is 3.11. The van der Waals surface area contributed by atoms with E-state index in [2.05, 4.69) is 34.2 Å². The maximum Gasteiger partial charge on any atom is 0.271 e. The van der Waals surface area contributed by atoms with Crippen molar-refractivity contribution in [1.29, 1.82) is 0 Å². The second kappa shape index (κ2) is 10.1. The van der Waals surface area contributed by atoms with E-state index >= 15 is 0 Å². The number of hydrogen-bond donors (Lipinski definition) is 1. The lowest BCUT2D eigenvalue weighted by molar-refractivity contribution is 0.0342. The van der Waals surface area contributed by atoms with Crippen LogP contribution in [0.25, 0.3) is 0 Å². The molecule has 0 unspecified atom stereocenters. The zero-order valence-electron chi connectivity index (χ0n) is 16.6. The lowest BCUT2D eigenvalue weighted by Gasteiger charge is -2.26. The average Bonchev–Trinajstić information content (AvgIpc) is 3.19. The number of nitrogens with zero attached hydrogens (tertiary/aromatic N) is 3. The number of amides is 1. The van der Waals surface area contributed by atoms with Crippen LogP contribution >= 0.6 is 0 Å². The Morgan fingerprint density at radius 1 is 1.14 bits per heavy atom. The molecule has 150 valence electrons. The first-order valence-electron chi connectivity index (χ1n) is 9.76. The first-order chi connectivity index (χ1) is 13.7. The highest BCUT2D eigenvalue weighted by Crippen LogP contribution is 2.17. The molecule has 1 amide bonds. The van der Waals surface area contributed by atoms with E-state index in [4.69, 9.17) is 9.15 Å². The van der Waals surface area contributed by atoms with Crippen molar-refractivity contribution in [2.75, 3.05) is 44.3 Å². The summed E-state index contributed by atoms with van der Waals surface area (Å²) >= 11 is 0. The molecule has 0 atom stereocenters. The average molecular weight is 384 g/mol. The molecule has 1 aromatic carbocycles. The highest BCUT2D eigenvalue weighted by atomic mass is 16.5. The molecule has 0 aliphatic carbocycles. The van der Waals surface area contributed by atoms with Crippen LogP contribution in [0.2, 0.25) is 0 Å². The van der Waals surface area contributed by atoms with Gasteiger partial charge in [0.05, 0.1) is 19.4 Å². The van der Waals surface area contributed by atoms with Crippen LogP contribution in [0.15, 0.2) is 45.9 Å². The summed E-state index contributed by atoms with van der Waals surface area (Å²) in [6, 6.07) is 11.4. The third-order valence-electron chi connectivity index (χ3n) is 4.77. The predicted octanol–water partition coefficient (Wildman–Crippen LogP) is 2.72. The van der Waals surface area contributed by atoms with Crippen LogP contribution in [-0.2, 0) is 11.3 Å². The molecule has 1 aliphatic rings. The number of furan rings is 1. The normalized spacial score (nSPS) is 15.1. The molecule has 0 saturated carbocycles. The number of carbonyl (C=O) groups is 1. The smallest absolute Gasteiger partial charge is 0.271 e. The van der Waals surface area contributed by atoms with Gasteiger partial charge in [0.15, 0.2) is 5.88 Å². The summed E-state index contributed by atoms with van der Waals surface area (Å²) < 4.78 is 11.1. The van der Waals surface area contributed by atoms with Gasteiger partial charge < -0.3 is 14.1 Å². The Morgan fingerprint density at radius 3 is 2.54 bits per heavy atom. The van der Waals surface area contributed by atoms with Crippen molar-refractivity contribution in [2.24, 2.45) is 5.10 Å². The first-order valence-corrected chi connectivity index (χ1v) is 9.76. The molecule has 1 fully saturated rings. The van der Waals surface area contributed by atoms with Crippen LogP contribution in [0.3, 0.4) is 0 Å². The SMILES string of the molecule is CCN(CC)c1ccc(/C=N\NC(=O)c2ccc(CN3CCOCC3)cc2)o1. The molecule has 1 saturated heterocycles. The van der Waals surface area contributed by atoms with Crippen molar-refractivity contribution in [2.45, 2.75) is 20.4 Å². The quantitative estimate of drug-likeness (QED) is 0.560. The molecule has 7 heteroatoms. The van der Waals surface area contributed by atoms with Gasteiger partial charge in [0.25, 0.3) is 5.91 Å². The minimum atomic E-state index is -0.246. The highest BCUT2D eigenvalue weighted by molar-refractivity contribution is 5.94. The van der Waals surface area contributed by atoms with Crippen molar-refractivity contribution >= 4 is 18.0 Å². The zero-order chi connectivity index (χ0) is 19.8. The largest absolute Gasteiger partial charge is 0.440 e.